The highest BCUT2D eigenvalue weighted by atomic mass is 16.5. The number of carbonyl (C=O) groups excluding carboxylic acids is 2. The second kappa shape index (κ2) is 7.39. The minimum atomic E-state index is -0.557. The van der Waals surface area contributed by atoms with Crippen molar-refractivity contribution in [2.75, 3.05) is 25.5 Å². The molecule has 8 heteroatoms. The molecule has 0 unspecified atom stereocenters. The summed E-state index contributed by atoms with van der Waals surface area (Å²) in [4.78, 5) is 30.5. The van der Waals surface area contributed by atoms with Gasteiger partial charge in [-0.25, -0.2) is 9.97 Å². The molecule has 0 saturated carbocycles. The maximum Gasteiger partial charge on any atom is 0.272 e. The number of amides is 2. The van der Waals surface area contributed by atoms with Crippen LogP contribution in [0, 0.1) is 0 Å². The molecule has 1 rings (SSSR count). The van der Waals surface area contributed by atoms with Crippen molar-refractivity contribution < 1.29 is 14.3 Å². The van der Waals surface area contributed by atoms with Gasteiger partial charge in [0.25, 0.3) is 5.91 Å². The van der Waals surface area contributed by atoms with Crippen molar-refractivity contribution in [1.82, 2.24) is 15.3 Å². The number of carbonyl (C=O) groups is 2. The molecule has 0 aliphatic rings. The Balaban J connectivity index is 2.54. The normalized spacial score (nSPS) is 10.6. The van der Waals surface area contributed by atoms with Crippen molar-refractivity contribution in [2.45, 2.75) is 19.8 Å². The van der Waals surface area contributed by atoms with Crippen molar-refractivity contribution in [3.8, 4) is 0 Å². The number of nitrogens with one attached hydrogen (secondary N) is 1. The van der Waals surface area contributed by atoms with Crippen molar-refractivity contribution in [2.24, 2.45) is 5.73 Å². The quantitative estimate of drug-likeness (QED) is 0.572. The number of primary amides is 1. The largest absolute Gasteiger partial charge is 0.396 e. The van der Waals surface area contributed by atoms with Crippen LogP contribution in [0.15, 0.2) is 6.20 Å². The third-order valence-corrected chi connectivity index (χ3v) is 2.34. The van der Waals surface area contributed by atoms with Gasteiger partial charge < -0.3 is 21.5 Å². The molecule has 5 N–H and O–H groups in total. The number of nitrogens with zero attached hydrogens (tertiary/aromatic N) is 2. The predicted octanol–water partition coefficient (Wildman–Crippen LogP) is -0.586. The lowest BCUT2D eigenvalue weighted by molar-refractivity contribution is -0.122. The van der Waals surface area contributed by atoms with Crippen LogP contribution in [-0.4, -0.2) is 41.5 Å². The molecular formula is C12H19N5O3. The first kappa shape index (κ1) is 15.8. The van der Waals surface area contributed by atoms with E-state index in [1.165, 1.54) is 6.20 Å². The highest BCUT2D eigenvalue weighted by molar-refractivity contribution is 5.96. The smallest absolute Gasteiger partial charge is 0.272 e. The van der Waals surface area contributed by atoms with E-state index in [0.717, 1.165) is 0 Å². The first-order chi connectivity index (χ1) is 9.41. The number of rotatable bonds is 7. The van der Waals surface area contributed by atoms with Gasteiger partial charge in [0.1, 0.15) is 12.4 Å². The molecule has 1 aromatic rings. The molecule has 20 heavy (non-hydrogen) atoms. The zero-order valence-corrected chi connectivity index (χ0v) is 11.5. The number of aromatic nitrogens is 2. The van der Waals surface area contributed by atoms with Gasteiger partial charge in [-0.05, 0) is 0 Å². The molecule has 0 spiro atoms. The van der Waals surface area contributed by atoms with Crippen LogP contribution in [0.4, 0.5) is 5.69 Å². The summed E-state index contributed by atoms with van der Waals surface area (Å²) in [5.41, 5.74) is 10.9. The van der Waals surface area contributed by atoms with E-state index < -0.39 is 11.8 Å². The summed E-state index contributed by atoms with van der Waals surface area (Å²) in [6.07, 6.45) is 1.42. The predicted molar refractivity (Wildman–Crippen MR) is 72.9 cm³/mol. The fraction of sp³-hybridized carbons (Fsp3) is 0.500. The highest BCUT2D eigenvalue weighted by Crippen LogP contribution is 2.13. The number of nitrogens with two attached hydrogens (primary N) is 2. The summed E-state index contributed by atoms with van der Waals surface area (Å²) in [6, 6.07) is 0. The van der Waals surface area contributed by atoms with Gasteiger partial charge in [-0.2, -0.15) is 0 Å². The third-order valence-electron chi connectivity index (χ3n) is 2.34. The number of anilines is 1. The summed E-state index contributed by atoms with van der Waals surface area (Å²) in [6.45, 7) is 4.07. The Morgan fingerprint density at radius 3 is 2.75 bits per heavy atom. The fourth-order valence-electron chi connectivity index (χ4n) is 1.36. The SMILES string of the molecule is CC(C)c1ncc(N)c(C(=O)NCCOCC(N)=O)n1. The minimum Gasteiger partial charge on any atom is -0.396 e. The van der Waals surface area contributed by atoms with Crippen LogP contribution in [0.5, 0.6) is 0 Å². The lowest BCUT2D eigenvalue weighted by Gasteiger charge is -2.09. The zero-order chi connectivity index (χ0) is 15.1. The number of nitrogen functional groups attached to an aromatic ring is 1. The first-order valence-electron chi connectivity index (χ1n) is 6.18. The molecule has 0 atom stereocenters. The Labute approximate surface area is 116 Å². The lowest BCUT2D eigenvalue weighted by Crippen LogP contribution is -2.30. The second-order valence-electron chi connectivity index (χ2n) is 4.46. The molecule has 1 aromatic heterocycles. The molecule has 110 valence electrons. The Morgan fingerprint density at radius 1 is 1.45 bits per heavy atom. The van der Waals surface area contributed by atoms with E-state index in [9.17, 15) is 9.59 Å². The van der Waals surface area contributed by atoms with Crippen LogP contribution < -0.4 is 16.8 Å². The molecule has 0 radical (unpaired) electrons. The molecule has 0 saturated heterocycles. The summed E-state index contributed by atoms with van der Waals surface area (Å²) >= 11 is 0. The van der Waals surface area contributed by atoms with Crippen molar-refractivity contribution in [3.05, 3.63) is 17.7 Å². The first-order valence-corrected chi connectivity index (χ1v) is 6.18. The van der Waals surface area contributed by atoms with E-state index in [0.29, 0.717) is 5.82 Å². The van der Waals surface area contributed by atoms with Crippen molar-refractivity contribution in [3.63, 3.8) is 0 Å². The van der Waals surface area contributed by atoms with Gasteiger partial charge in [0.15, 0.2) is 5.69 Å². The van der Waals surface area contributed by atoms with Gasteiger partial charge in [-0.15, -0.1) is 0 Å². The van der Waals surface area contributed by atoms with Gasteiger partial charge in [0, 0.05) is 12.5 Å². The van der Waals surface area contributed by atoms with Crippen LogP contribution in [0.3, 0.4) is 0 Å². The van der Waals surface area contributed by atoms with Crippen LogP contribution >= 0.6 is 0 Å². The zero-order valence-electron chi connectivity index (χ0n) is 11.5. The van der Waals surface area contributed by atoms with E-state index in [1.807, 2.05) is 13.8 Å². The molecule has 0 aliphatic heterocycles. The van der Waals surface area contributed by atoms with Crippen LogP contribution in [0.25, 0.3) is 0 Å². The summed E-state index contributed by atoms with van der Waals surface area (Å²) < 4.78 is 4.92. The Bertz CT molecular complexity index is 490. The standard InChI is InChI=1S/C12H19N5O3/c1-7(2)11-16-5-8(13)10(17-11)12(19)15-3-4-20-6-9(14)18/h5,7H,3-4,6,13H2,1-2H3,(H2,14,18)(H,15,19). The fourth-order valence-corrected chi connectivity index (χ4v) is 1.36. The Kier molecular flexibility index (Phi) is 5.85. The number of ether oxygens (including phenoxy) is 1. The Hall–Kier alpha value is -2.22. The molecular weight excluding hydrogens is 262 g/mol. The molecule has 0 aliphatic carbocycles. The van der Waals surface area contributed by atoms with Crippen molar-refractivity contribution in [1.29, 1.82) is 0 Å². The van der Waals surface area contributed by atoms with Crippen LogP contribution in [0.1, 0.15) is 36.1 Å². The van der Waals surface area contributed by atoms with E-state index in [-0.39, 0.29) is 37.1 Å². The van der Waals surface area contributed by atoms with Crippen LogP contribution in [0.2, 0.25) is 0 Å². The highest BCUT2D eigenvalue weighted by Gasteiger charge is 2.14. The minimum absolute atomic E-state index is 0.0982. The summed E-state index contributed by atoms with van der Waals surface area (Å²) in [7, 11) is 0. The topological polar surface area (TPSA) is 133 Å². The van der Waals surface area contributed by atoms with Gasteiger partial charge in [-0.1, -0.05) is 13.8 Å². The van der Waals surface area contributed by atoms with Gasteiger partial charge in [-0.3, -0.25) is 9.59 Å². The molecule has 1 heterocycles. The van der Waals surface area contributed by atoms with E-state index in [2.05, 4.69) is 15.3 Å². The molecule has 0 aromatic carbocycles. The average molecular weight is 281 g/mol. The third kappa shape index (κ3) is 4.81. The van der Waals surface area contributed by atoms with E-state index in [4.69, 9.17) is 16.2 Å². The van der Waals surface area contributed by atoms with Crippen LogP contribution in [-0.2, 0) is 9.53 Å². The van der Waals surface area contributed by atoms with E-state index >= 15 is 0 Å². The molecule has 0 fully saturated rings. The van der Waals surface area contributed by atoms with Gasteiger partial charge in [0.05, 0.1) is 18.5 Å². The number of hydrogen-bond donors (Lipinski definition) is 3. The molecule has 0 bridgehead atoms. The summed E-state index contributed by atoms with van der Waals surface area (Å²) in [5.74, 6) is -0.317. The average Bonchev–Trinajstić information content (AvgIpc) is 2.37. The van der Waals surface area contributed by atoms with Gasteiger partial charge >= 0.3 is 0 Å². The van der Waals surface area contributed by atoms with Crippen molar-refractivity contribution >= 4 is 17.5 Å². The molecule has 2 amide bonds. The second-order valence-corrected chi connectivity index (χ2v) is 4.46. The molecule has 8 nitrogen and oxygen atoms in total. The Morgan fingerprint density at radius 2 is 2.15 bits per heavy atom. The van der Waals surface area contributed by atoms with E-state index in [1.54, 1.807) is 0 Å². The lowest BCUT2D eigenvalue weighted by atomic mass is 10.2. The monoisotopic (exact) mass is 281 g/mol. The maximum absolute atomic E-state index is 11.9. The summed E-state index contributed by atoms with van der Waals surface area (Å²) in [5, 5.41) is 2.59. The van der Waals surface area contributed by atoms with Gasteiger partial charge in [0.2, 0.25) is 5.91 Å². The maximum atomic E-state index is 11.9. The number of hydrogen-bond acceptors (Lipinski definition) is 6.